The molecule has 0 spiro atoms. The summed E-state index contributed by atoms with van der Waals surface area (Å²) in [6.45, 7) is 7.48. The van der Waals surface area contributed by atoms with Crippen molar-refractivity contribution in [3.8, 4) is 0 Å². The van der Waals surface area contributed by atoms with Gasteiger partial charge in [0.05, 0.1) is 17.4 Å². The van der Waals surface area contributed by atoms with E-state index >= 15 is 0 Å². The Morgan fingerprint density at radius 3 is 1.88 bits per heavy atom. The molecule has 0 bridgehead atoms. The molecule has 7 nitrogen and oxygen atoms in total. The normalized spacial score (nSPS) is 12.2. The summed E-state index contributed by atoms with van der Waals surface area (Å²) in [6, 6.07) is 5.61. The third kappa shape index (κ3) is 3.29. The Kier molecular flexibility index (Phi) is 4.46. The third-order valence-electron chi connectivity index (χ3n) is 4.48. The summed E-state index contributed by atoms with van der Waals surface area (Å²) >= 11 is 0. The lowest BCUT2D eigenvalue weighted by molar-refractivity contribution is -0.122. The van der Waals surface area contributed by atoms with Crippen molar-refractivity contribution in [2.45, 2.75) is 45.1 Å². The first-order chi connectivity index (χ1) is 11.0. The number of nitrogens with zero attached hydrogens (tertiary/aromatic N) is 3. The minimum atomic E-state index is -0.874. The van der Waals surface area contributed by atoms with Crippen LogP contribution in [0.3, 0.4) is 0 Å². The Morgan fingerprint density at radius 1 is 1.00 bits per heavy atom. The number of carbonyl (C=O) groups is 2. The van der Waals surface area contributed by atoms with Gasteiger partial charge in [-0.2, -0.15) is 5.10 Å². The van der Waals surface area contributed by atoms with Gasteiger partial charge in [-0.3, -0.25) is 9.59 Å². The van der Waals surface area contributed by atoms with E-state index < -0.39 is 22.6 Å². The second kappa shape index (κ2) is 6.07. The first kappa shape index (κ1) is 17.7. The van der Waals surface area contributed by atoms with E-state index in [1.165, 1.54) is 6.33 Å². The zero-order valence-corrected chi connectivity index (χ0v) is 14.4. The van der Waals surface area contributed by atoms with Crippen LogP contribution in [0.2, 0.25) is 0 Å². The van der Waals surface area contributed by atoms with Crippen LogP contribution in [0.4, 0.5) is 0 Å². The first-order valence-corrected chi connectivity index (χ1v) is 7.62. The van der Waals surface area contributed by atoms with Gasteiger partial charge < -0.3 is 11.5 Å². The SMILES string of the molecule is CC(C)(C(N)=O)c1cc(Cn2cncn2)cc(C(C)(C)C(N)=O)c1. The first-order valence-electron chi connectivity index (χ1n) is 7.62. The van der Waals surface area contributed by atoms with Crippen LogP contribution in [0.5, 0.6) is 0 Å². The molecule has 0 aliphatic heterocycles. The molecule has 24 heavy (non-hydrogen) atoms. The monoisotopic (exact) mass is 329 g/mol. The van der Waals surface area contributed by atoms with Gasteiger partial charge in [-0.1, -0.05) is 18.2 Å². The summed E-state index contributed by atoms with van der Waals surface area (Å²) in [5.74, 6) is -0.883. The minimum absolute atomic E-state index is 0.441. The van der Waals surface area contributed by atoms with Crippen molar-refractivity contribution in [1.82, 2.24) is 14.8 Å². The number of amides is 2. The van der Waals surface area contributed by atoms with Crippen LogP contribution < -0.4 is 11.5 Å². The van der Waals surface area contributed by atoms with E-state index in [1.54, 1.807) is 38.7 Å². The molecule has 128 valence electrons. The van der Waals surface area contributed by atoms with Gasteiger partial charge in [0.2, 0.25) is 11.8 Å². The number of rotatable bonds is 6. The minimum Gasteiger partial charge on any atom is -0.369 e. The molecule has 1 aromatic heterocycles. The molecule has 1 heterocycles. The van der Waals surface area contributed by atoms with Crippen LogP contribution >= 0.6 is 0 Å². The van der Waals surface area contributed by atoms with Gasteiger partial charge >= 0.3 is 0 Å². The molecule has 2 aromatic rings. The number of carbonyl (C=O) groups excluding carboxylic acids is 2. The molecule has 0 aliphatic carbocycles. The van der Waals surface area contributed by atoms with Gasteiger partial charge in [-0.05, 0) is 44.4 Å². The molecule has 0 radical (unpaired) electrons. The molecule has 1 aromatic carbocycles. The lowest BCUT2D eigenvalue weighted by Crippen LogP contribution is -2.38. The summed E-state index contributed by atoms with van der Waals surface area (Å²) in [5, 5.41) is 4.09. The fourth-order valence-electron chi connectivity index (χ4n) is 2.29. The number of nitrogens with two attached hydrogens (primary N) is 2. The fourth-order valence-corrected chi connectivity index (χ4v) is 2.29. The summed E-state index contributed by atoms with van der Waals surface area (Å²) < 4.78 is 1.66. The molecule has 0 atom stereocenters. The second-order valence-corrected chi connectivity index (χ2v) is 6.99. The Hall–Kier alpha value is -2.70. The maximum atomic E-state index is 11.8. The molecule has 7 heteroatoms. The molecule has 2 amide bonds. The third-order valence-corrected chi connectivity index (χ3v) is 4.48. The molecule has 2 rings (SSSR count). The quantitative estimate of drug-likeness (QED) is 0.817. The van der Waals surface area contributed by atoms with Gasteiger partial charge in [-0.15, -0.1) is 0 Å². The van der Waals surface area contributed by atoms with Gasteiger partial charge in [-0.25, -0.2) is 9.67 Å². The molecular weight excluding hydrogens is 306 g/mol. The van der Waals surface area contributed by atoms with Crippen molar-refractivity contribution in [3.63, 3.8) is 0 Å². The summed E-state index contributed by atoms with van der Waals surface area (Å²) in [5.41, 5.74) is 11.7. The molecule has 0 fully saturated rings. The van der Waals surface area contributed by atoms with Gasteiger partial charge in [0.25, 0.3) is 0 Å². The Balaban J connectivity index is 2.59. The fraction of sp³-hybridized carbons (Fsp3) is 0.412. The molecule has 0 saturated carbocycles. The number of hydrogen-bond donors (Lipinski definition) is 2. The van der Waals surface area contributed by atoms with E-state index in [1.807, 2.05) is 18.2 Å². The Labute approximate surface area is 141 Å². The van der Waals surface area contributed by atoms with Crippen LogP contribution in [0, 0.1) is 0 Å². The second-order valence-electron chi connectivity index (χ2n) is 6.99. The number of primary amides is 2. The van der Waals surface area contributed by atoms with Crippen LogP contribution in [-0.4, -0.2) is 26.6 Å². The molecular formula is C17H23N5O2. The molecule has 0 aliphatic rings. The highest BCUT2D eigenvalue weighted by molar-refractivity contribution is 5.87. The summed E-state index contributed by atoms with van der Waals surface area (Å²) in [6.07, 6.45) is 3.05. The standard InChI is InChI=1S/C17H23N5O2/c1-16(2,14(18)23)12-5-11(8-22-10-20-9-21-22)6-13(7-12)17(3,4)15(19)24/h5-7,9-10H,8H2,1-4H3,(H2,18,23)(H2,19,24). The number of aromatic nitrogens is 3. The highest BCUT2D eigenvalue weighted by Gasteiger charge is 2.32. The predicted octanol–water partition coefficient (Wildman–Crippen LogP) is 0.852. The van der Waals surface area contributed by atoms with Crippen molar-refractivity contribution >= 4 is 11.8 Å². The van der Waals surface area contributed by atoms with Crippen molar-refractivity contribution in [2.24, 2.45) is 11.5 Å². The smallest absolute Gasteiger partial charge is 0.227 e. The average Bonchev–Trinajstić information content (AvgIpc) is 2.99. The van der Waals surface area contributed by atoms with Crippen LogP contribution in [0.1, 0.15) is 44.4 Å². The predicted molar refractivity (Wildman–Crippen MR) is 90.0 cm³/mol. The summed E-state index contributed by atoms with van der Waals surface area (Å²) in [7, 11) is 0. The zero-order chi connectivity index (χ0) is 18.1. The summed E-state index contributed by atoms with van der Waals surface area (Å²) in [4.78, 5) is 27.6. The highest BCUT2D eigenvalue weighted by Crippen LogP contribution is 2.31. The average molecular weight is 329 g/mol. The maximum absolute atomic E-state index is 11.8. The lowest BCUT2D eigenvalue weighted by Gasteiger charge is -2.27. The number of hydrogen-bond acceptors (Lipinski definition) is 4. The van der Waals surface area contributed by atoms with Crippen LogP contribution in [-0.2, 0) is 27.0 Å². The van der Waals surface area contributed by atoms with Crippen molar-refractivity contribution in [3.05, 3.63) is 47.5 Å². The van der Waals surface area contributed by atoms with E-state index in [-0.39, 0.29) is 0 Å². The zero-order valence-electron chi connectivity index (χ0n) is 14.4. The van der Waals surface area contributed by atoms with E-state index in [0.29, 0.717) is 6.54 Å². The van der Waals surface area contributed by atoms with Crippen LogP contribution in [0.25, 0.3) is 0 Å². The van der Waals surface area contributed by atoms with Gasteiger partial charge in [0.15, 0.2) is 0 Å². The topological polar surface area (TPSA) is 117 Å². The molecule has 4 N–H and O–H groups in total. The van der Waals surface area contributed by atoms with E-state index in [9.17, 15) is 9.59 Å². The lowest BCUT2D eigenvalue weighted by atomic mass is 9.77. The Bertz CT molecular complexity index is 719. The van der Waals surface area contributed by atoms with E-state index in [2.05, 4.69) is 10.1 Å². The number of benzene rings is 1. The van der Waals surface area contributed by atoms with Crippen molar-refractivity contribution in [2.75, 3.05) is 0 Å². The largest absolute Gasteiger partial charge is 0.369 e. The highest BCUT2D eigenvalue weighted by atomic mass is 16.1. The van der Waals surface area contributed by atoms with E-state index in [4.69, 9.17) is 11.5 Å². The van der Waals surface area contributed by atoms with E-state index in [0.717, 1.165) is 16.7 Å². The maximum Gasteiger partial charge on any atom is 0.227 e. The van der Waals surface area contributed by atoms with Crippen molar-refractivity contribution < 1.29 is 9.59 Å². The van der Waals surface area contributed by atoms with Gasteiger partial charge in [0, 0.05) is 0 Å². The van der Waals surface area contributed by atoms with Gasteiger partial charge in [0.1, 0.15) is 12.7 Å². The molecule has 0 saturated heterocycles. The molecule has 0 unspecified atom stereocenters. The Morgan fingerprint density at radius 2 is 1.50 bits per heavy atom. The van der Waals surface area contributed by atoms with Crippen LogP contribution in [0.15, 0.2) is 30.9 Å². The van der Waals surface area contributed by atoms with Crippen molar-refractivity contribution in [1.29, 1.82) is 0 Å².